The Balaban J connectivity index is 2.16. The monoisotopic (exact) mass is 485 g/mol. The van der Waals surface area contributed by atoms with Gasteiger partial charge in [0.1, 0.15) is 12.4 Å². The molecule has 0 aliphatic carbocycles. The van der Waals surface area contributed by atoms with Crippen molar-refractivity contribution in [2.75, 3.05) is 32.2 Å². The summed E-state index contributed by atoms with van der Waals surface area (Å²) in [6.07, 6.45) is -0.0649. The minimum atomic E-state index is -1.25. The van der Waals surface area contributed by atoms with Crippen LogP contribution in [0.3, 0.4) is 0 Å². The molecule has 35 heavy (non-hydrogen) atoms. The molecule has 0 saturated carbocycles. The quantitative estimate of drug-likeness (QED) is 0.481. The fourth-order valence-corrected chi connectivity index (χ4v) is 4.25. The summed E-state index contributed by atoms with van der Waals surface area (Å²) in [6.45, 7) is 10.2. The molecule has 190 valence electrons. The van der Waals surface area contributed by atoms with Crippen LogP contribution in [0.15, 0.2) is 24.3 Å². The largest absolute Gasteiger partial charge is 0.493 e. The number of carbonyl (C=O) groups excluding carboxylic acids is 1. The van der Waals surface area contributed by atoms with Gasteiger partial charge in [-0.15, -0.1) is 0 Å². The van der Waals surface area contributed by atoms with E-state index in [4.69, 9.17) is 18.9 Å². The highest BCUT2D eigenvalue weighted by atomic mass is 16.6. The molecule has 0 fully saturated rings. The molecule has 0 aromatic heterocycles. The first-order valence-corrected chi connectivity index (χ1v) is 11.8. The number of hydrogen-bond donors (Lipinski definition) is 2. The average Bonchev–Trinajstić information content (AvgIpc) is 2.79. The molecule has 1 unspecified atom stereocenters. The summed E-state index contributed by atoms with van der Waals surface area (Å²) >= 11 is 0. The number of fused-ring (bicyclic) bond motifs is 1. The van der Waals surface area contributed by atoms with Crippen molar-refractivity contribution >= 4 is 17.7 Å². The third-order valence-electron chi connectivity index (χ3n) is 5.74. The van der Waals surface area contributed by atoms with Gasteiger partial charge in [0.15, 0.2) is 6.10 Å². The van der Waals surface area contributed by atoms with Gasteiger partial charge in [0.25, 0.3) is 0 Å². The first-order valence-electron chi connectivity index (χ1n) is 11.8. The minimum absolute atomic E-state index is 0.105. The Kier molecular flexibility index (Phi) is 8.40. The highest BCUT2D eigenvalue weighted by molar-refractivity contribution is 5.90. The van der Waals surface area contributed by atoms with Crippen molar-refractivity contribution in [1.82, 2.24) is 0 Å². The van der Waals surface area contributed by atoms with E-state index in [1.54, 1.807) is 6.92 Å². The number of aliphatic carboxylic acids is 1. The fraction of sp³-hybridized carbons (Fsp3) is 0.481. The van der Waals surface area contributed by atoms with Crippen LogP contribution in [0.2, 0.25) is 0 Å². The zero-order valence-electron chi connectivity index (χ0n) is 21.3. The molecule has 1 atom stereocenters. The van der Waals surface area contributed by atoms with Crippen LogP contribution >= 0.6 is 0 Å². The van der Waals surface area contributed by atoms with E-state index < -0.39 is 23.8 Å². The van der Waals surface area contributed by atoms with Crippen LogP contribution in [0.1, 0.15) is 55.5 Å². The molecule has 1 heterocycles. The third kappa shape index (κ3) is 6.52. The Labute approximate surface area is 206 Å². The van der Waals surface area contributed by atoms with Gasteiger partial charge < -0.3 is 24.1 Å². The van der Waals surface area contributed by atoms with E-state index in [0.29, 0.717) is 23.4 Å². The van der Waals surface area contributed by atoms with Gasteiger partial charge in [-0.05, 0) is 93.5 Å². The van der Waals surface area contributed by atoms with Crippen LogP contribution in [0, 0.1) is 13.8 Å². The number of carbonyl (C=O) groups is 2. The number of hydrogen-bond acceptors (Lipinski definition) is 6. The minimum Gasteiger partial charge on any atom is -0.493 e. The fourth-order valence-electron chi connectivity index (χ4n) is 4.25. The SMILES string of the molecule is COCCOC(=O)Nc1cc(C)c(-c2ccc3c(c2)CCCO3)c(C(OC(C)(C)C)C(=O)O)c1C. The highest BCUT2D eigenvalue weighted by Gasteiger charge is 2.32. The number of anilines is 1. The lowest BCUT2D eigenvalue weighted by molar-refractivity contribution is -0.160. The van der Waals surface area contributed by atoms with Gasteiger partial charge in [0.05, 0.1) is 18.8 Å². The number of carboxylic acids is 1. The van der Waals surface area contributed by atoms with Gasteiger partial charge in [-0.1, -0.05) is 6.07 Å². The zero-order chi connectivity index (χ0) is 25.8. The first kappa shape index (κ1) is 26.5. The van der Waals surface area contributed by atoms with Gasteiger partial charge in [-0.3, -0.25) is 5.32 Å². The molecular weight excluding hydrogens is 450 g/mol. The maximum atomic E-state index is 12.5. The Morgan fingerprint density at radius 1 is 1.17 bits per heavy atom. The van der Waals surface area contributed by atoms with Crippen LogP contribution in [0.5, 0.6) is 5.75 Å². The van der Waals surface area contributed by atoms with E-state index >= 15 is 0 Å². The van der Waals surface area contributed by atoms with Crippen molar-refractivity contribution in [3.63, 3.8) is 0 Å². The van der Waals surface area contributed by atoms with E-state index in [-0.39, 0.29) is 13.2 Å². The van der Waals surface area contributed by atoms with Gasteiger partial charge >= 0.3 is 12.1 Å². The lowest BCUT2D eigenvalue weighted by Gasteiger charge is -2.30. The molecular formula is C27H35NO7. The summed E-state index contributed by atoms with van der Waals surface area (Å²) in [5.74, 6) is -0.251. The number of nitrogens with one attached hydrogen (secondary N) is 1. The topological polar surface area (TPSA) is 103 Å². The van der Waals surface area contributed by atoms with Crippen molar-refractivity contribution in [2.45, 2.75) is 59.2 Å². The number of carboxylic acid groups (broad SMARTS) is 1. The Bertz CT molecular complexity index is 1090. The number of aryl methyl sites for hydroxylation is 2. The Morgan fingerprint density at radius 3 is 2.57 bits per heavy atom. The maximum Gasteiger partial charge on any atom is 0.411 e. The normalized spacial score (nSPS) is 14.0. The van der Waals surface area contributed by atoms with E-state index in [1.807, 2.05) is 45.9 Å². The van der Waals surface area contributed by atoms with Gasteiger partial charge in [-0.25, -0.2) is 9.59 Å². The van der Waals surface area contributed by atoms with Gasteiger partial charge in [0, 0.05) is 18.4 Å². The van der Waals surface area contributed by atoms with Crippen LogP contribution in [-0.2, 0) is 25.4 Å². The summed E-state index contributed by atoms with van der Waals surface area (Å²) in [4.78, 5) is 24.9. The van der Waals surface area contributed by atoms with E-state index in [2.05, 4.69) is 11.4 Å². The standard InChI is InChI=1S/C27H35NO7/c1-16-14-20(28-26(31)34-13-12-32-6)17(2)23(24(25(29)30)35-27(3,4)5)22(16)19-9-10-21-18(15-19)8-7-11-33-21/h9-10,14-15,24H,7-8,11-13H2,1-6H3,(H,28,31)(H,29,30). The van der Waals surface area contributed by atoms with Crippen molar-refractivity contribution in [2.24, 2.45) is 0 Å². The lowest BCUT2D eigenvalue weighted by atomic mass is 9.86. The smallest absolute Gasteiger partial charge is 0.411 e. The zero-order valence-corrected chi connectivity index (χ0v) is 21.3. The second kappa shape index (κ2) is 11.1. The lowest BCUT2D eigenvalue weighted by Crippen LogP contribution is -2.29. The second-order valence-electron chi connectivity index (χ2n) is 9.63. The molecule has 1 aliphatic rings. The summed E-state index contributed by atoms with van der Waals surface area (Å²) in [5, 5.41) is 13.0. The molecule has 0 bridgehead atoms. The summed E-state index contributed by atoms with van der Waals surface area (Å²) in [5.41, 5.74) is 4.38. The summed E-state index contributed by atoms with van der Waals surface area (Å²) in [6, 6.07) is 7.76. The van der Waals surface area contributed by atoms with Crippen LogP contribution in [-0.4, -0.2) is 49.7 Å². The number of methoxy groups -OCH3 is 1. The molecule has 2 N–H and O–H groups in total. The van der Waals surface area contributed by atoms with Crippen LogP contribution in [0.25, 0.3) is 11.1 Å². The molecule has 1 aliphatic heterocycles. The summed E-state index contributed by atoms with van der Waals surface area (Å²) in [7, 11) is 1.52. The number of benzene rings is 2. The van der Waals surface area contributed by atoms with Gasteiger partial charge in [0.2, 0.25) is 0 Å². The molecule has 3 rings (SSSR count). The third-order valence-corrected chi connectivity index (χ3v) is 5.74. The summed E-state index contributed by atoms with van der Waals surface area (Å²) < 4.78 is 21.9. The highest BCUT2D eigenvalue weighted by Crippen LogP contribution is 2.42. The van der Waals surface area contributed by atoms with Crippen LogP contribution < -0.4 is 10.1 Å². The van der Waals surface area contributed by atoms with Crippen molar-refractivity contribution in [1.29, 1.82) is 0 Å². The van der Waals surface area contributed by atoms with Crippen molar-refractivity contribution < 1.29 is 33.6 Å². The molecule has 8 nitrogen and oxygen atoms in total. The molecule has 0 radical (unpaired) electrons. The van der Waals surface area contributed by atoms with Crippen LogP contribution in [0.4, 0.5) is 10.5 Å². The molecule has 1 amide bonds. The van der Waals surface area contributed by atoms with E-state index in [1.165, 1.54) is 7.11 Å². The van der Waals surface area contributed by atoms with E-state index in [9.17, 15) is 14.7 Å². The first-order chi connectivity index (χ1) is 16.5. The molecule has 2 aromatic carbocycles. The maximum absolute atomic E-state index is 12.5. The number of ether oxygens (including phenoxy) is 4. The van der Waals surface area contributed by atoms with Crippen molar-refractivity contribution in [3.05, 3.63) is 46.5 Å². The molecule has 0 spiro atoms. The Morgan fingerprint density at radius 2 is 1.91 bits per heavy atom. The van der Waals surface area contributed by atoms with Crippen molar-refractivity contribution in [3.8, 4) is 16.9 Å². The molecule has 2 aromatic rings. The molecule has 0 saturated heterocycles. The Hall–Kier alpha value is -3.10. The molecule has 8 heteroatoms. The van der Waals surface area contributed by atoms with Gasteiger partial charge in [-0.2, -0.15) is 0 Å². The number of rotatable bonds is 8. The van der Waals surface area contributed by atoms with E-state index in [0.717, 1.165) is 40.8 Å². The average molecular weight is 486 g/mol. The predicted octanol–water partition coefficient (Wildman–Crippen LogP) is 5.43. The number of amides is 1. The predicted molar refractivity (Wildman–Crippen MR) is 133 cm³/mol. The second-order valence-corrected chi connectivity index (χ2v) is 9.63.